The second-order valence-corrected chi connectivity index (χ2v) is 4.46. The molecule has 0 saturated carbocycles. The highest BCUT2D eigenvalue weighted by Crippen LogP contribution is 2.29. The zero-order chi connectivity index (χ0) is 15.5. The van der Waals surface area contributed by atoms with Crippen LogP contribution < -0.4 is 0 Å². The molecule has 2 aromatic carbocycles. The standard InChI is InChI=1S/C16H11F3O2/c17-16(18,19)13-8-6-12(7-9-13)15(21)10-14(20)11-4-2-1-3-5-11/h1-9H,10H2. The molecule has 0 aliphatic heterocycles. The predicted molar refractivity (Wildman–Crippen MR) is 71.2 cm³/mol. The van der Waals surface area contributed by atoms with Crippen LogP contribution in [0, 0.1) is 0 Å². The highest BCUT2D eigenvalue weighted by molar-refractivity contribution is 6.13. The lowest BCUT2D eigenvalue weighted by Gasteiger charge is -2.07. The van der Waals surface area contributed by atoms with E-state index in [1.165, 1.54) is 0 Å². The van der Waals surface area contributed by atoms with Crippen molar-refractivity contribution in [2.75, 3.05) is 0 Å². The van der Waals surface area contributed by atoms with Crippen LogP contribution in [-0.4, -0.2) is 11.6 Å². The first-order valence-corrected chi connectivity index (χ1v) is 6.16. The van der Waals surface area contributed by atoms with Gasteiger partial charge < -0.3 is 0 Å². The summed E-state index contributed by atoms with van der Waals surface area (Å²) in [5.74, 6) is -0.863. The molecule has 0 unspecified atom stereocenters. The van der Waals surface area contributed by atoms with Crippen molar-refractivity contribution in [3.05, 3.63) is 71.3 Å². The lowest BCUT2D eigenvalue weighted by atomic mass is 10.0. The molecule has 0 aliphatic rings. The maximum Gasteiger partial charge on any atom is 0.416 e. The summed E-state index contributed by atoms with van der Waals surface area (Å²) in [7, 11) is 0. The SMILES string of the molecule is O=C(CC(=O)c1ccc(C(F)(F)F)cc1)c1ccccc1. The number of benzene rings is 2. The molecular formula is C16H11F3O2. The summed E-state index contributed by atoms with van der Waals surface area (Å²) in [6.07, 6.45) is -4.81. The molecule has 108 valence electrons. The van der Waals surface area contributed by atoms with Gasteiger partial charge in [0, 0.05) is 11.1 Å². The number of carbonyl (C=O) groups excluding carboxylic acids is 2. The number of alkyl halides is 3. The van der Waals surface area contributed by atoms with Crippen LogP contribution in [0.25, 0.3) is 0 Å². The van der Waals surface area contributed by atoms with Crippen molar-refractivity contribution < 1.29 is 22.8 Å². The highest BCUT2D eigenvalue weighted by Gasteiger charge is 2.30. The molecule has 0 heterocycles. The van der Waals surface area contributed by atoms with Gasteiger partial charge in [0.15, 0.2) is 11.6 Å². The Hall–Kier alpha value is -2.43. The van der Waals surface area contributed by atoms with E-state index in [1.54, 1.807) is 30.3 Å². The van der Waals surface area contributed by atoms with Crippen molar-refractivity contribution in [1.82, 2.24) is 0 Å². The number of rotatable bonds is 4. The molecule has 0 fully saturated rings. The second-order valence-electron chi connectivity index (χ2n) is 4.46. The van der Waals surface area contributed by atoms with Gasteiger partial charge in [0.2, 0.25) is 0 Å². The Labute approximate surface area is 119 Å². The molecule has 0 radical (unpaired) electrons. The average molecular weight is 292 g/mol. The van der Waals surface area contributed by atoms with Crippen LogP contribution in [0.15, 0.2) is 54.6 Å². The van der Waals surface area contributed by atoms with Gasteiger partial charge in [-0.1, -0.05) is 42.5 Å². The van der Waals surface area contributed by atoms with Crippen molar-refractivity contribution in [2.45, 2.75) is 12.6 Å². The molecule has 0 N–H and O–H groups in total. The number of hydrogen-bond donors (Lipinski definition) is 0. The molecule has 0 spiro atoms. The topological polar surface area (TPSA) is 34.1 Å². The fourth-order valence-electron chi connectivity index (χ4n) is 1.82. The van der Waals surface area contributed by atoms with Crippen molar-refractivity contribution in [1.29, 1.82) is 0 Å². The summed E-state index contributed by atoms with van der Waals surface area (Å²) in [6, 6.07) is 12.1. The van der Waals surface area contributed by atoms with Crippen LogP contribution in [0.4, 0.5) is 13.2 Å². The van der Waals surface area contributed by atoms with E-state index < -0.39 is 17.5 Å². The zero-order valence-electron chi connectivity index (χ0n) is 10.9. The van der Waals surface area contributed by atoms with E-state index in [1.807, 2.05) is 0 Å². The lowest BCUT2D eigenvalue weighted by molar-refractivity contribution is -0.137. The van der Waals surface area contributed by atoms with E-state index >= 15 is 0 Å². The molecule has 5 heteroatoms. The minimum atomic E-state index is -4.44. The Kier molecular flexibility index (Phi) is 4.21. The number of Topliss-reactive ketones (excluding diaryl/α,β-unsaturated/α-hetero) is 2. The van der Waals surface area contributed by atoms with E-state index in [9.17, 15) is 22.8 Å². The fraction of sp³-hybridized carbons (Fsp3) is 0.125. The van der Waals surface area contributed by atoms with Crippen molar-refractivity contribution in [2.24, 2.45) is 0 Å². The van der Waals surface area contributed by atoms with Crippen LogP contribution in [0.3, 0.4) is 0 Å². The maximum atomic E-state index is 12.4. The summed E-state index contributed by atoms with van der Waals surface area (Å²) in [4.78, 5) is 23.7. The fourth-order valence-corrected chi connectivity index (χ4v) is 1.82. The van der Waals surface area contributed by atoms with Crippen molar-refractivity contribution in [3.8, 4) is 0 Å². The van der Waals surface area contributed by atoms with E-state index in [0.29, 0.717) is 5.56 Å². The third-order valence-corrected chi connectivity index (χ3v) is 2.95. The summed E-state index contributed by atoms with van der Waals surface area (Å²) >= 11 is 0. The molecule has 0 aromatic heterocycles. The smallest absolute Gasteiger partial charge is 0.294 e. The Balaban J connectivity index is 2.09. The summed E-state index contributed by atoms with van der Waals surface area (Å²) < 4.78 is 37.2. The van der Waals surface area contributed by atoms with Gasteiger partial charge in [0.05, 0.1) is 12.0 Å². The minimum absolute atomic E-state index is 0.0901. The first kappa shape index (κ1) is 15.0. The van der Waals surface area contributed by atoms with Gasteiger partial charge in [-0.15, -0.1) is 0 Å². The molecular weight excluding hydrogens is 281 g/mol. The quantitative estimate of drug-likeness (QED) is 0.626. The van der Waals surface area contributed by atoms with E-state index in [4.69, 9.17) is 0 Å². The van der Waals surface area contributed by atoms with E-state index in [0.717, 1.165) is 24.3 Å². The number of carbonyl (C=O) groups is 2. The third kappa shape index (κ3) is 3.78. The van der Waals surface area contributed by atoms with E-state index in [2.05, 4.69) is 0 Å². The number of ketones is 2. The molecule has 0 bridgehead atoms. The molecule has 2 aromatic rings. The Morgan fingerprint density at radius 1 is 0.762 bits per heavy atom. The predicted octanol–water partition coefficient (Wildman–Crippen LogP) is 4.16. The average Bonchev–Trinajstić information content (AvgIpc) is 2.47. The van der Waals surface area contributed by atoms with Gasteiger partial charge in [-0.2, -0.15) is 13.2 Å². The highest BCUT2D eigenvalue weighted by atomic mass is 19.4. The lowest BCUT2D eigenvalue weighted by Crippen LogP contribution is -2.10. The Bertz CT molecular complexity index is 643. The zero-order valence-corrected chi connectivity index (χ0v) is 10.9. The molecule has 0 atom stereocenters. The molecule has 21 heavy (non-hydrogen) atoms. The van der Waals surface area contributed by atoms with Crippen LogP contribution in [0.1, 0.15) is 32.7 Å². The van der Waals surface area contributed by atoms with Gasteiger partial charge in [-0.25, -0.2) is 0 Å². The Morgan fingerprint density at radius 2 is 1.24 bits per heavy atom. The largest absolute Gasteiger partial charge is 0.416 e. The summed E-state index contributed by atoms with van der Waals surface area (Å²) in [6.45, 7) is 0. The molecule has 0 amide bonds. The van der Waals surface area contributed by atoms with Gasteiger partial charge >= 0.3 is 6.18 Å². The Morgan fingerprint density at radius 3 is 1.71 bits per heavy atom. The van der Waals surface area contributed by atoms with Gasteiger partial charge in [-0.3, -0.25) is 9.59 Å². The summed E-state index contributed by atoms with van der Waals surface area (Å²) in [5, 5.41) is 0. The third-order valence-electron chi connectivity index (χ3n) is 2.95. The molecule has 2 rings (SSSR count). The van der Waals surface area contributed by atoms with Gasteiger partial charge in [-0.05, 0) is 12.1 Å². The normalized spacial score (nSPS) is 11.2. The maximum absolute atomic E-state index is 12.4. The van der Waals surface area contributed by atoms with Crippen LogP contribution in [-0.2, 0) is 6.18 Å². The number of hydrogen-bond acceptors (Lipinski definition) is 2. The molecule has 0 saturated heterocycles. The molecule has 0 aliphatic carbocycles. The monoisotopic (exact) mass is 292 g/mol. The van der Waals surface area contributed by atoms with Gasteiger partial charge in [0.1, 0.15) is 0 Å². The van der Waals surface area contributed by atoms with Crippen molar-refractivity contribution >= 4 is 11.6 Å². The van der Waals surface area contributed by atoms with Crippen molar-refractivity contribution in [3.63, 3.8) is 0 Å². The second kappa shape index (κ2) is 5.91. The molecule has 2 nitrogen and oxygen atoms in total. The number of halogens is 3. The van der Waals surface area contributed by atoms with Crippen LogP contribution in [0.2, 0.25) is 0 Å². The van der Waals surface area contributed by atoms with E-state index in [-0.39, 0.29) is 17.8 Å². The first-order valence-electron chi connectivity index (χ1n) is 6.16. The van der Waals surface area contributed by atoms with Crippen LogP contribution in [0.5, 0.6) is 0 Å². The van der Waals surface area contributed by atoms with Gasteiger partial charge in [0.25, 0.3) is 0 Å². The van der Waals surface area contributed by atoms with Crippen LogP contribution >= 0.6 is 0 Å². The minimum Gasteiger partial charge on any atom is -0.294 e. The summed E-state index contributed by atoms with van der Waals surface area (Å²) in [5.41, 5.74) is -0.335. The first-order chi connectivity index (χ1) is 9.88.